The third kappa shape index (κ3) is 4.48. The van der Waals surface area contributed by atoms with Crippen molar-refractivity contribution in [3.05, 3.63) is 25.0 Å². The van der Waals surface area contributed by atoms with Gasteiger partial charge in [-0.2, -0.15) is 0 Å². The highest BCUT2D eigenvalue weighted by molar-refractivity contribution is 4.77. The topological polar surface area (TPSA) is 18.5 Å². The van der Waals surface area contributed by atoms with E-state index in [1.165, 1.54) is 57.2 Å². The van der Waals surface area contributed by atoms with Gasteiger partial charge in [0.2, 0.25) is 0 Å². The molecular formula is C9H14O2. The van der Waals surface area contributed by atoms with Crippen molar-refractivity contribution in [2.24, 2.45) is 0 Å². The van der Waals surface area contributed by atoms with Crippen LogP contribution < -0.4 is 0 Å². The highest BCUT2D eigenvalue weighted by atomic mass is 16.5. The molecule has 62 valence electrons. The lowest BCUT2D eigenvalue weighted by atomic mass is 10.4. The van der Waals surface area contributed by atoms with Gasteiger partial charge in [-0.1, -0.05) is 32.1 Å². The van der Waals surface area contributed by atoms with Crippen LogP contribution in [0, 0.1) is 0 Å². The first-order valence-corrected chi connectivity index (χ1v) is 4.11. The maximum absolute atomic E-state index is 4.58. The summed E-state index contributed by atoms with van der Waals surface area (Å²) >= 11 is 0. The zero-order valence-corrected chi connectivity index (χ0v) is 6.66. The van der Waals surface area contributed by atoms with Gasteiger partial charge in [0.05, 0.1) is 0 Å². The average Bonchev–Trinajstić information content (AvgIpc) is 2.64. The maximum atomic E-state index is 4.58. The average molecular weight is 154 g/mol. The molecule has 2 aliphatic rings. The van der Waals surface area contributed by atoms with Gasteiger partial charge in [-0.05, 0) is 0 Å². The number of hydrogen-bond acceptors (Lipinski definition) is 2. The Kier molecular flexibility index (Phi) is 4.34. The zero-order valence-electron chi connectivity index (χ0n) is 6.66. The van der Waals surface area contributed by atoms with Crippen LogP contribution in [0.25, 0.3) is 0 Å². The van der Waals surface area contributed by atoms with E-state index in [4.69, 9.17) is 0 Å². The Hall–Kier alpha value is -0.920. The molecular weight excluding hydrogens is 140 g/mol. The monoisotopic (exact) mass is 154 g/mol. The normalized spacial score (nSPS) is 19.6. The molecule has 0 aromatic heterocycles. The summed E-state index contributed by atoms with van der Waals surface area (Å²) in [7, 11) is 0. The SMILES string of the molecule is C1=COC=CO1.C1CCCC1. The molecule has 2 nitrogen and oxygen atoms in total. The van der Waals surface area contributed by atoms with E-state index in [9.17, 15) is 0 Å². The van der Waals surface area contributed by atoms with Crippen molar-refractivity contribution in [2.45, 2.75) is 32.1 Å². The van der Waals surface area contributed by atoms with Gasteiger partial charge in [-0.15, -0.1) is 0 Å². The summed E-state index contributed by atoms with van der Waals surface area (Å²) in [6.07, 6.45) is 13.3. The van der Waals surface area contributed by atoms with Gasteiger partial charge >= 0.3 is 0 Å². The molecule has 2 rings (SSSR count). The van der Waals surface area contributed by atoms with Crippen molar-refractivity contribution in [3.8, 4) is 0 Å². The predicted octanol–water partition coefficient (Wildman–Crippen LogP) is 2.93. The molecule has 0 aromatic rings. The molecule has 0 saturated heterocycles. The summed E-state index contributed by atoms with van der Waals surface area (Å²) in [6, 6.07) is 0. The molecule has 0 amide bonds. The number of hydrogen-bond donors (Lipinski definition) is 0. The highest BCUT2D eigenvalue weighted by Crippen LogP contribution is 2.15. The number of ether oxygens (including phenoxy) is 2. The molecule has 0 atom stereocenters. The van der Waals surface area contributed by atoms with Crippen molar-refractivity contribution in [3.63, 3.8) is 0 Å². The number of rotatable bonds is 0. The fourth-order valence-corrected chi connectivity index (χ4v) is 1.10. The Morgan fingerprint density at radius 2 is 0.818 bits per heavy atom. The van der Waals surface area contributed by atoms with Crippen LogP contribution in [0.2, 0.25) is 0 Å². The minimum Gasteiger partial charge on any atom is -0.466 e. The minimum atomic E-state index is 1.46. The van der Waals surface area contributed by atoms with Crippen LogP contribution in [0.1, 0.15) is 32.1 Å². The van der Waals surface area contributed by atoms with E-state index in [0.717, 1.165) is 0 Å². The second-order valence-electron chi connectivity index (χ2n) is 2.58. The van der Waals surface area contributed by atoms with Crippen molar-refractivity contribution < 1.29 is 9.47 Å². The smallest absolute Gasteiger partial charge is 0.125 e. The molecule has 2 heteroatoms. The van der Waals surface area contributed by atoms with Crippen LogP contribution in [0.15, 0.2) is 25.0 Å². The van der Waals surface area contributed by atoms with Crippen LogP contribution in [0.5, 0.6) is 0 Å². The van der Waals surface area contributed by atoms with Gasteiger partial charge in [-0.25, -0.2) is 0 Å². The second kappa shape index (κ2) is 5.83. The fraction of sp³-hybridized carbons (Fsp3) is 0.556. The second-order valence-corrected chi connectivity index (χ2v) is 2.58. The third-order valence-electron chi connectivity index (χ3n) is 1.68. The molecule has 11 heavy (non-hydrogen) atoms. The summed E-state index contributed by atoms with van der Waals surface area (Å²) in [4.78, 5) is 0. The van der Waals surface area contributed by atoms with E-state index in [-0.39, 0.29) is 0 Å². The Morgan fingerprint density at radius 3 is 1.00 bits per heavy atom. The Labute approximate surface area is 67.5 Å². The third-order valence-corrected chi connectivity index (χ3v) is 1.68. The summed E-state index contributed by atoms with van der Waals surface area (Å²) in [5.41, 5.74) is 0. The molecule has 0 N–H and O–H groups in total. The Balaban J connectivity index is 0.000000112. The van der Waals surface area contributed by atoms with Crippen LogP contribution >= 0.6 is 0 Å². The van der Waals surface area contributed by atoms with Crippen LogP contribution in [0.4, 0.5) is 0 Å². The van der Waals surface area contributed by atoms with Crippen molar-refractivity contribution >= 4 is 0 Å². The van der Waals surface area contributed by atoms with Crippen LogP contribution in [0.3, 0.4) is 0 Å². The molecule has 0 bridgehead atoms. The summed E-state index contributed by atoms with van der Waals surface area (Å²) in [5, 5.41) is 0. The molecule has 0 unspecified atom stereocenters. The first-order chi connectivity index (χ1) is 5.50. The lowest BCUT2D eigenvalue weighted by Gasteiger charge is -1.94. The van der Waals surface area contributed by atoms with E-state index >= 15 is 0 Å². The summed E-state index contributed by atoms with van der Waals surface area (Å²) in [5.74, 6) is 0. The van der Waals surface area contributed by atoms with Crippen LogP contribution in [-0.2, 0) is 9.47 Å². The molecule has 0 aromatic carbocycles. The molecule has 1 aliphatic carbocycles. The first kappa shape index (κ1) is 8.18. The minimum absolute atomic E-state index is 1.46. The van der Waals surface area contributed by atoms with E-state index in [1.54, 1.807) is 0 Å². The quantitative estimate of drug-likeness (QED) is 0.534. The van der Waals surface area contributed by atoms with Crippen molar-refractivity contribution in [1.82, 2.24) is 0 Å². The van der Waals surface area contributed by atoms with Gasteiger partial charge in [0, 0.05) is 0 Å². The van der Waals surface area contributed by atoms with Gasteiger partial charge in [0.1, 0.15) is 25.0 Å². The lowest BCUT2D eigenvalue weighted by Crippen LogP contribution is -1.74. The van der Waals surface area contributed by atoms with Gasteiger partial charge in [0.25, 0.3) is 0 Å². The predicted molar refractivity (Wildman–Crippen MR) is 43.5 cm³/mol. The van der Waals surface area contributed by atoms with Crippen LogP contribution in [-0.4, -0.2) is 0 Å². The van der Waals surface area contributed by atoms with Crippen molar-refractivity contribution in [2.75, 3.05) is 0 Å². The van der Waals surface area contributed by atoms with Crippen molar-refractivity contribution in [1.29, 1.82) is 0 Å². The summed E-state index contributed by atoms with van der Waals surface area (Å²) < 4.78 is 9.17. The van der Waals surface area contributed by atoms with Gasteiger partial charge in [0.15, 0.2) is 0 Å². The zero-order chi connectivity index (χ0) is 7.78. The molecule has 1 aliphatic heterocycles. The van der Waals surface area contributed by atoms with E-state index in [2.05, 4.69) is 9.47 Å². The van der Waals surface area contributed by atoms with E-state index in [0.29, 0.717) is 0 Å². The molecule has 1 fully saturated rings. The fourth-order valence-electron chi connectivity index (χ4n) is 1.10. The molecule has 0 radical (unpaired) electrons. The van der Waals surface area contributed by atoms with E-state index < -0.39 is 0 Å². The Morgan fingerprint density at radius 1 is 0.545 bits per heavy atom. The van der Waals surface area contributed by atoms with E-state index in [1.807, 2.05) is 0 Å². The Bertz CT molecular complexity index is 107. The standard InChI is InChI=1S/C5H10.C4H4O2/c1-2-4-5-3-1;1-2-6-4-3-5-1/h1-5H2;1-4H. The molecule has 0 spiro atoms. The lowest BCUT2D eigenvalue weighted by molar-refractivity contribution is 0.290. The molecule has 1 heterocycles. The molecule has 1 saturated carbocycles. The summed E-state index contributed by atoms with van der Waals surface area (Å²) in [6.45, 7) is 0. The maximum Gasteiger partial charge on any atom is 0.125 e. The largest absolute Gasteiger partial charge is 0.466 e. The van der Waals surface area contributed by atoms with Gasteiger partial charge < -0.3 is 9.47 Å². The first-order valence-electron chi connectivity index (χ1n) is 4.11. The van der Waals surface area contributed by atoms with Gasteiger partial charge in [-0.3, -0.25) is 0 Å². The highest BCUT2D eigenvalue weighted by Gasteiger charge is 1.95.